The Morgan fingerprint density at radius 2 is 2.09 bits per heavy atom. The zero-order valence-electron chi connectivity index (χ0n) is 18.2. The van der Waals surface area contributed by atoms with Crippen LogP contribution in [0, 0.1) is 0 Å². The minimum absolute atomic E-state index is 0.168. The topological polar surface area (TPSA) is 95.3 Å². The molecule has 0 bridgehead atoms. The van der Waals surface area contributed by atoms with Crippen LogP contribution >= 0.6 is 0 Å². The lowest BCUT2D eigenvalue weighted by molar-refractivity contribution is 0.0915. The summed E-state index contributed by atoms with van der Waals surface area (Å²) < 4.78 is 12.6. The van der Waals surface area contributed by atoms with Crippen molar-refractivity contribution in [1.82, 2.24) is 19.9 Å². The highest BCUT2D eigenvalue weighted by molar-refractivity contribution is 5.94. The lowest BCUT2D eigenvalue weighted by Crippen LogP contribution is -2.43. The van der Waals surface area contributed by atoms with E-state index >= 15 is 0 Å². The van der Waals surface area contributed by atoms with Crippen LogP contribution in [0.3, 0.4) is 0 Å². The van der Waals surface area contributed by atoms with E-state index in [2.05, 4.69) is 22.2 Å². The second kappa shape index (κ2) is 9.64. The molecular weight excluding hydrogens is 408 g/mol. The van der Waals surface area contributed by atoms with Crippen LogP contribution in [0.2, 0.25) is 0 Å². The second-order valence-corrected chi connectivity index (χ2v) is 7.73. The molecule has 1 amide bonds. The summed E-state index contributed by atoms with van der Waals surface area (Å²) >= 11 is 0. The number of rotatable bonds is 7. The third-order valence-corrected chi connectivity index (χ3v) is 5.49. The van der Waals surface area contributed by atoms with Crippen molar-refractivity contribution < 1.29 is 14.3 Å². The Morgan fingerprint density at radius 3 is 2.81 bits per heavy atom. The lowest BCUT2D eigenvalue weighted by atomic mass is 9.94. The van der Waals surface area contributed by atoms with Crippen LogP contribution in [0.4, 0.5) is 0 Å². The van der Waals surface area contributed by atoms with Crippen LogP contribution in [0.15, 0.2) is 53.7 Å². The van der Waals surface area contributed by atoms with Gasteiger partial charge >= 0.3 is 6.01 Å². The Balaban J connectivity index is 1.50. The SMILES string of the molecule is CCCCn1ccc(C(=O)N[C@@H]2COc3cccc(-c4cnc(OC)nc4)c3C2)cc1=O. The number of amides is 1. The van der Waals surface area contributed by atoms with Gasteiger partial charge in [0.1, 0.15) is 12.4 Å². The number of aryl methyl sites for hydroxylation is 1. The van der Waals surface area contributed by atoms with Gasteiger partial charge in [0, 0.05) is 54.3 Å². The van der Waals surface area contributed by atoms with Gasteiger partial charge in [0.05, 0.1) is 13.2 Å². The Labute approximate surface area is 186 Å². The molecule has 1 N–H and O–H groups in total. The van der Waals surface area contributed by atoms with Crippen molar-refractivity contribution in [3.8, 4) is 22.9 Å². The molecule has 1 aromatic carbocycles. The van der Waals surface area contributed by atoms with E-state index in [1.54, 1.807) is 29.2 Å². The van der Waals surface area contributed by atoms with Gasteiger partial charge in [-0.15, -0.1) is 0 Å². The molecule has 0 saturated heterocycles. The molecule has 0 spiro atoms. The molecule has 3 aromatic rings. The highest BCUT2D eigenvalue weighted by atomic mass is 16.5. The number of methoxy groups -OCH3 is 1. The monoisotopic (exact) mass is 434 g/mol. The summed E-state index contributed by atoms with van der Waals surface area (Å²) in [5.41, 5.74) is 2.95. The molecule has 3 heterocycles. The van der Waals surface area contributed by atoms with Gasteiger partial charge in [-0.3, -0.25) is 9.59 Å². The van der Waals surface area contributed by atoms with Crippen LogP contribution < -0.4 is 20.3 Å². The zero-order chi connectivity index (χ0) is 22.5. The number of carbonyl (C=O) groups is 1. The van der Waals surface area contributed by atoms with Crippen LogP contribution in [0.1, 0.15) is 35.7 Å². The second-order valence-electron chi connectivity index (χ2n) is 7.73. The third kappa shape index (κ3) is 4.64. The largest absolute Gasteiger partial charge is 0.491 e. The average Bonchev–Trinajstić information content (AvgIpc) is 2.83. The standard InChI is InChI=1S/C24H26N4O4/c1-3-4-9-28-10-8-16(11-22(28)29)23(30)27-18-12-20-19(6-5-7-21(20)32-15-18)17-13-25-24(31-2)26-14-17/h5-8,10-11,13-14,18H,3-4,9,12,15H2,1-2H3,(H,27,30)/t18-/m0/s1. The van der Waals surface area contributed by atoms with Crippen molar-refractivity contribution in [1.29, 1.82) is 0 Å². The van der Waals surface area contributed by atoms with E-state index in [1.807, 2.05) is 18.2 Å². The number of nitrogens with zero attached hydrogens (tertiary/aromatic N) is 3. The van der Waals surface area contributed by atoms with Gasteiger partial charge in [0.15, 0.2) is 0 Å². The maximum absolute atomic E-state index is 12.8. The maximum atomic E-state index is 12.8. The van der Waals surface area contributed by atoms with Gasteiger partial charge in [-0.05, 0) is 24.1 Å². The Bertz CT molecular complexity index is 1160. The number of pyridine rings is 1. The van der Waals surface area contributed by atoms with E-state index in [1.165, 1.54) is 13.2 Å². The fourth-order valence-electron chi connectivity index (χ4n) is 3.76. The van der Waals surface area contributed by atoms with Crippen LogP contribution in [-0.4, -0.2) is 40.2 Å². The predicted octanol–water partition coefficient (Wildman–Crippen LogP) is 2.85. The normalized spacial score (nSPS) is 14.9. The van der Waals surface area contributed by atoms with Gasteiger partial charge < -0.3 is 19.4 Å². The molecule has 0 aliphatic carbocycles. The van der Waals surface area contributed by atoms with E-state index in [-0.39, 0.29) is 17.5 Å². The van der Waals surface area contributed by atoms with Gasteiger partial charge in [-0.25, -0.2) is 9.97 Å². The quantitative estimate of drug-likeness (QED) is 0.614. The molecule has 2 aromatic heterocycles. The average molecular weight is 434 g/mol. The fraction of sp³-hybridized carbons (Fsp3) is 0.333. The third-order valence-electron chi connectivity index (χ3n) is 5.49. The number of hydrogen-bond donors (Lipinski definition) is 1. The summed E-state index contributed by atoms with van der Waals surface area (Å²) in [6.45, 7) is 3.08. The molecule has 1 aliphatic rings. The summed E-state index contributed by atoms with van der Waals surface area (Å²) in [5, 5.41) is 3.00. The summed E-state index contributed by atoms with van der Waals surface area (Å²) in [6, 6.07) is 8.97. The first kappa shape index (κ1) is 21.5. The molecule has 0 unspecified atom stereocenters. The van der Waals surface area contributed by atoms with Crippen LogP contribution in [0.5, 0.6) is 11.8 Å². The number of benzene rings is 1. The molecule has 166 valence electrons. The number of ether oxygens (including phenoxy) is 2. The van der Waals surface area contributed by atoms with Crippen LogP contribution in [0.25, 0.3) is 11.1 Å². The van der Waals surface area contributed by atoms with Gasteiger partial charge in [0.2, 0.25) is 0 Å². The van der Waals surface area contributed by atoms with E-state index in [0.717, 1.165) is 35.3 Å². The summed E-state index contributed by atoms with van der Waals surface area (Å²) in [5.74, 6) is 0.495. The van der Waals surface area contributed by atoms with Crippen molar-refractivity contribution in [2.24, 2.45) is 0 Å². The number of hydrogen-bond acceptors (Lipinski definition) is 6. The highest BCUT2D eigenvalue weighted by Gasteiger charge is 2.25. The van der Waals surface area contributed by atoms with Gasteiger partial charge in [-0.1, -0.05) is 25.5 Å². The molecule has 8 heteroatoms. The van der Waals surface area contributed by atoms with Crippen LogP contribution in [-0.2, 0) is 13.0 Å². The minimum atomic E-state index is -0.285. The minimum Gasteiger partial charge on any atom is -0.491 e. The summed E-state index contributed by atoms with van der Waals surface area (Å²) in [6.07, 6.45) is 7.61. The molecule has 1 aliphatic heterocycles. The smallest absolute Gasteiger partial charge is 0.316 e. The van der Waals surface area contributed by atoms with Gasteiger partial charge in [-0.2, -0.15) is 0 Å². The lowest BCUT2D eigenvalue weighted by Gasteiger charge is -2.28. The summed E-state index contributed by atoms with van der Waals surface area (Å²) in [7, 11) is 1.52. The van der Waals surface area contributed by atoms with Crippen molar-refractivity contribution in [3.05, 3.63) is 70.4 Å². The molecule has 8 nitrogen and oxygen atoms in total. The molecule has 4 rings (SSSR count). The number of nitrogens with one attached hydrogen (secondary N) is 1. The van der Waals surface area contributed by atoms with Crippen molar-refractivity contribution >= 4 is 5.91 Å². The maximum Gasteiger partial charge on any atom is 0.316 e. The summed E-state index contributed by atoms with van der Waals surface area (Å²) in [4.78, 5) is 33.4. The first-order chi connectivity index (χ1) is 15.6. The highest BCUT2D eigenvalue weighted by Crippen LogP contribution is 2.34. The van der Waals surface area contributed by atoms with E-state index in [0.29, 0.717) is 31.1 Å². The first-order valence-electron chi connectivity index (χ1n) is 10.7. The Hall–Kier alpha value is -3.68. The number of fused-ring (bicyclic) bond motifs is 1. The number of aromatic nitrogens is 3. The molecule has 32 heavy (non-hydrogen) atoms. The fourth-order valence-corrected chi connectivity index (χ4v) is 3.76. The van der Waals surface area contributed by atoms with E-state index < -0.39 is 0 Å². The van der Waals surface area contributed by atoms with E-state index in [9.17, 15) is 9.59 Å². The van der Waals surface area contributed by atoms with Crippen molar-refractivity contribution in [2.45, 2.75) is 38.8 Å². The molecule has 0 fully saturated rings. The molecule has 0 saturated carbocycles. The number of unbranched alkanes of at least 4 members (excludes halogenated alkanes) is 1. The van der Waals surface area contributed by atoms with Crippen molar-refractivity contribution in [2.75, 3.05) is 13.7 Å². The molecule has 0 radical (unpaired) electrons. The zero-order valence-corrected chi connectivity index (χ0v) is 18.2. The first-order valence-corrected chi connectivity index (χ1v) is 10.7. The Morgan fingerprint density at radius 1 is 1.28 bits per heavy atom. The van der Waals surface area contributed by atoms with E-state index in [4.69, 9.17) is 9.47 Å². The number of carbonyl (C=O) groups excluding carboxylic acids is 1. The van der Waals surface area contributed by atoms with Crippen molar-refractivity contribution in [3.63, 3.8) is 0 Å². The predicted molar refractivity (Wildman–Crippen MR) is 120 cm³/mol. The van der Waals surface area contributed by atoms with Gasteiger partial charge in [0.25, 0.3) is 11.5 Å². The molecular formula is C24H26N4O4. The Kier molecular flexibility index (Phi) is 6.49. The molecule has 1 atom stereocenters.